The molecule has 0 fully saturated rings. The molecule has 2 aromatic heterocycles. The standard InChI is InChI=1S/C18H12ClN3O3/c1-20-17(23)9-6-7-13-11(8-9)14-15(25-13)18(24)22-16(21-14)10-4-2-3-5-12(10)19/h2-8H,1H3,(H,20,23)(H,21,22,24). The average Bonchev–Trinajstić information content (AvgIpc) is 3.00. The van der Waals surface area contributed by atoms with Crippen LogP contribution in [0.15, 0.2) is 51.7 Å². The van der Waals surface area contributed by atoms with E-state index in [1.54, 1.807) is 43.4 Å². The van der Waals surface area contributed by atoms with Gasteiger partial charge in [0.15, 0.2) is 0 Å². The zero-order valence-corrected chi connectivity index (χ0v) is 13.8. The van der Waals surface area contributed by atoms with Crippen LogP contribution < -0.4 is 10.9 Å². The van der Waals surface area contributed by atoms with Gasteiger partial charge in [-0.25, -0.2) is 4.98 Å². The number of hydrogen-bond acceptors (Lipinski definition) is 4. The molecule has 0 spiro atoms. The first kappa shape index (κ1) is 15.4. The van der Waals surface area contributed by atoms with E-state index in [1.807, 2.05) is 6.07 Å². The molecule has 2 aromatic carbocycles. The van der Waals surface area contributed by atoms with E-state index in [1.165, 1.54) is 0 Å². The number of benzene rings is 2. The fraction of sp³-hybridized carbons (Fsp3) is 0.0556. The molecular formula is C18H12ClN3O3. The Morgan fingerprint density at radius 1 is 1.24 bits per heavy atom. The minimum atomic E-state index is -0.405. The van der Waals surface area contributed by atoms with E-state index < -0.39 is 5.56 Å². The van der Waals surface area contributed by atoms with Gasteiger partial charge in [-0.15, -0.1) is 0 Å². The van der Waals surface area contributed by atoms with Crippen LogP contribution in [0.3, 0.4) is 0 Å². The third-order valence-corrected chi connectivity index (χ3v) is 4.27. The number of H-pyrrole nitrogens is 1. The lowest BCUT2D eigenvalue weighted by molar-refractivity contribution is 0.0963. The van der Waals surface area contributed by atoms with Gasteiger partial charge in [-0.05, 0) is 30.3 Å². The first-order chi connectivity index (χ1) is 12.1. The van der Waals surface area contributed by atoms with Crippen molar-refractivity contribution in [1.29, 1.82) is 0 Å². The number of amides is 1. The smallest absolute Gasteiger partial charge is 0.294 e. The molecule has 0 atom stereocenters. The molecule has 124 valence electrons. The van der Waals surface area contributed by atoms with Crippen molar-refractivity contribution in [2.75, 3.05) is 7.05 Å². The minimum absolute atomic E-state index is 0.111. The number of aromatic nitrogens is 2. The molecule has 6 nitrogen and oxygen atoms in total. The van der Waals surface area contributed by atoms with Crippen molar-refractivity contribution in [1.82, 2.24) is 15.3 Å². The highest BCUT2D eigenvalue weighted by Crippen LogP contribution is 2.29. The number of fused-ring (bicyclic) bond motifs is 3. The lowest BCUT2D eigenvalue weighted by Crippen LogP contribution is -2.17. The Kier molecular flexibility index (Phi) is 3.54. The summed E-state index contributed by atoms with van der Waals surface area (Å²) in [6, 6.07) is 12.0. The molecule has 0 aliphatic carbocycles. The predicted octanol–water partition coefficient (Wildman–Crippen LogP) is 3.35. The van der Waals surface area contributed by atoms with Gasteiger partial charge in [0.2, 0.25) is 5.58 Å². The van der Waals surface area contributed by atoms with E-state index in [9.17, 15) is 9.59 Å². The summed E-state index contributed by atoms with van der Waals surface area (Å²) in [7, 11) is 1.55. The molecule has 4 aromatic rings. The number of nitrogens with one attached hydrogen (secondary N) is 2. The molecule has 0 aliphatic rings. The SMILES string of the molecule is CNC(=O)c1ccc2oc3c(=O)[nH]c(-c4ccccc4Cl)nc3c2c1. The van der Waals surface area contributed by atoms with Crippen LogP contribution >= 0.6 is 11.6 Å². The Balaban J connectivity index is 2.03. The van der Waals surface area contributed by atoms with Gasteiger partial charge < -0.3 is 14.7 Å². The van der Waals surface area contributed by atoms with Crippen LogP contribution in [0.2, 0.25) is 5.02 Å². The summed E-state index contributed by atoms with van der Waals surface area (Å²) < 4.78 is 5.60. The molecule has 0 bridgehead atoms. The largest absolute Gasteiger partial charge is 0.449 e. The van der Waals surface area contributed by atoms with Crippen molar-refractivity contribution in [2.24, 2.45) is 0 Å². The molecule has 1 amide bonds. The van der Waals surface area contributed by atoms with E-state index in [0.29, 0.717) is 38.5 Å². The lowest BCUT2D eigenvalue weighted by atomic mass is 10.1. The Morgan fingerprint density at radius 3 is 2.80 bits per heavy atom. The van der Waals surface area contributed by atoms with Crippen molar-refractivity contribution in [3.05, 3.63) is 63.4 Å². The van der Waals surface area contributed by atoms with Crippen LogP contribution in [0.1, 0.15) is 10.4 Å². The maximum absolute atomic E-state index is 12.4. The Labute approximate surface area is 146 Å². The van der Waals surface area contributed by atoms with Gasteiger partial charge in [0.25, 0.3) is 11.5 Å². The summed E-state index contributed by atoms with van der Waals surface area (Å²) in [5.41, 5.74) is 1.65. The number of carbonyl (C=O) groups excluding carboxylic acids is 1. The zero-order valence-electron chi connectivity index (χ0n) is 13.1. The highest BCUT2D eigenvalue weighted by atomic mass is 35.5. The van der Waals surface area contributed by atoms with Crippen molar-refractivity contribution in [2.45, 2.75) is 0 Å². The molecule has 0 unspecified atom stereocenters. The van der Waals surface area contributed by atoms with E-state index in [-0.39, 0.29) is 11.5 Å². The van der Waals surface area contributed by atoms with Gasteiger partial charge in [-0.3, -0.25) is 9.59 Å². The van der Waals surface area contributed by atoms with Crippen LogP contribution in [-0.4, -0.2) is 22.9 Å². The molecule has 4 rings (SSSR count). The third-order valence-electron chi connectivity index (χ3n) is 3.94. The second kappa shape index (κ2) is 5.75. The van der Waals surface area contributed by atoms with Gasteiger partial charge >= 0.3 is 0 Å². The van der Waals surface area contributed by atoms with Crippen LogP contribution in [-0.2, 0) is 0 Å². The Hall–Kier alpha value is -3.12. The number of halogens is 1. The molecule has 25 heavy (non-hydrogen) atoms. The van der Waals surface area contributed by atoms with Gasteiger partial charge in [-0.1, -0.05) is 23.7 Å². The molecule has 0 radical (unpaired) electrons. The fourth-order valence-corrected chi connectivity index (χ4v) is 2.95. The van der Waals surface area contributed by atoms with Gasteiger partial charge in [0, 0.05) is 23.6 Å². The summed E-state index contributed by atoms with van der Waals surface area (Å²) in [6.07, 6.45) is 0. The minimum Gasteiger partial charge on any atom is -0.449 e. The molecule has 0 aliphatic heterocycles. The van der Waals surface area contributed by atoms with E-state index in [4.69, 9.17) is 16.0 Å². The highest BCUT2D eigenvalue weighted by Gasteiger charge is 2.16. The molecule has 0 saturated heterocycles. The Bertz CT molecular complexity index is 1190. The molecule has 0 saturated carbocycles. The van der Waals surface area contributed by atoms with Crippen LogP contribution in [0, 0.1) is 0 Å². The number of carbonyl (C=O) groups is 1. The zero-order chi connectivity index (χ0) is 17.6. The summed E-state index contributed by atoms with van der Waals surface area (Å²) in [5.74, 6) is 0.114. The number of rotatable bonds is 2. The summed E-state index contributed by atoms with van der Waals surface area (Å²) >= 11 is 6.20. The number of aromatic amines is 1. The number of furan rings is 1. The summed E-state index contributed by atoms with van der Waals surface area (Å²) in [6.45, 7) is 0. The first-order valence-electron chi connectivity index (χ1n) is 7.52. The van der Waals surface area contributed by atoms with E-state index in [0.717, 1.165) is 0 Å². The Morgan fingerprint density at radius 2 is 2.04 bits per heavy atom. The maximum Gasteiger partial charge on any atom is 0.294 e. The van der Waals surface area contributed by atoms with Crippen molar-refractivity contribution >= 4 is 39.6 Å². The molecule has 2 N–H and O–H groups in total. The van der Waals surface area contributed by atoms with Gasteiger partial charge in [0.1, 0.15) is 16.9 Å². The first-order valence-corrected chi connectivity index (χ1v) is 7.90. The van der Waals surface area contributed by atoms with Crippen LogP contribution in [0.5, 0.6) is 0 Å². The van der Waals surface area contributed by atoms with Crippen molar-refractivity contribution in [3.8, 4) is 11.4 Å². The monoisotopic (exact) mass is 353 g/mol. The van der Waals surface area contributed by atoms with Crippen LogP contribution in [0.4, 0.5) is 0 Å². The van der Waals surface area contributed by atoms with Crippen LogP contribution in [0.25, 0.3) is 33.5 Å². The fourth-order valence-electron chi connectivity index (χ4n) is 2.72. The van der Waals surface area contributed by atoms with E-state index >= 15 is 0 Å². The molecule has 7 heteroatoms. The lowest BCUT2D eigenvalue weighted by Gasteiger charge is -2.03. The second-order valence-corrected chi connectivity index (χ2v) is 5.87. The summed E-state index contributed by atoms with van der Waals surface area (Å²) in [4.78, 5) is 31.5. The second-order valence-electron chi connectivity index (χ2n) is 5.46. The van der Waals surface area contributed by atoms with Gasteiger partial charge in [0.05, 0.1) is 5.02 Å². The maximum atomic E-state index is 12.4. The quantitative estimate of drug-likeness (QED) is 0.578. The topological polar surface area (TPSA) is 88.0 Å². The summed E-state index contributed by atoms with van der Waals surface area (Å²) in [5, 5.41) is 3.64. The van der Waals surface area contributed by atoms with E-state index in [2.05, 4.69) is 15.3 Å². The highest BCUT2D eigenvalue weighted by molar-refractivity contribution is 6.33. The third kappa shape index (κ3) is 2.47. The average molecular weight is 354 g/mol. The number of nitrogens with zero attached hydrogens (tertiary/aromatic N) is 1. The number of hydrogen-bond donors (Lipinski definition) is 2. The van der Waals surface area contributed by atoms with Crippen molar-refractivity contribution in [3.63, 3.8) is 0 Å². The van der Waals surface area contributed by atoms with Gasteiger partial charge in [-0.2, -0.15) is 0 Å². The predicted molar refractivity (Wildman–Crippen MR) is 96.0 cm³/mol. The normalized spacial score (nSPS) is 11.1. The molecular weight excluding hydrogens is 342 g/mol. The molecule has 2 heterocycles. The van der Waals surface area contributed by atoms with Crippen molar-refractivity contribution < 1.29 is 9.21 Å².